The summed E-state index contributed by atoms with van der Waals surface area (Å²) in [6.07, 6.45) is 4.25. The standard InChI is InChI=1S/C24H21N3O2/c1-2-17-8-10-20(11-9-17)26-22-21(19-6-4-3-5-7-19)23(28)27(24(22)29)16-18-12-14-25-15-13-18/h3-15,26H,2,16H2,1H3. The van der Waals surface area contributed by atoms with E-state index in [4.69, 9.17) is 0 Å². The van der Waals surface area contributed by atoms with Gasteiger partial charge in [0.1, 0.15) is 5.70 Å². The Balaban J connectivity index is 1.71. The Morgan fingerprint density at radius 2 is 1.52 bits per heavy atom. The molecule has 2 heterocycles. The fourth-order valence-corrected chi connectivity index (χ4v) is 3.35. The first-order chi connectivity index (χ1) is 14.2. The maximum Gasteiger partial charge on any atom is 0.278 e. The van der Waals surface area contributed by atoms with Crippen LogP contribution in [0.15, 0.2) is 84.8 Å². The van der Waals surface area contributed by atoms with E-state index in [1.165, 1.54) is 10.5 Å². The molecule has 2 aromatic carbocycles. The summed E-state index contributed by atoms with van der Waals surface area (Å²) in [6, 6.07) is 20.8. The van der Waals surface area contributed by atoms with E-state index in [1.807, 2.05) is 54.6 Å². The zero-order valence-corrected chi connectivity index (χ0v) is 16.1. The molecule has 0 spiro atoms. The molecule has 0 atom stereocenters. The highest BCUT2D eigenvalue weighted by Gasteiger charge is 2.39. The van der Waals surface area contributed by atoms with E-state index < -0.39 is 0 Å². The van der Waals surface area contributed by atoms with E-state index in [0.29, 0.717) is 11.3 Å². The van der Waals surface area contributed by atoms with Gasteiger partial charge in [0.2, 0.25) is 0 Å². The van der Waals surface area contributed by atoms with Gasteiger partial charge in [0, 0.05) is 18.1 Å². The number of nitrogens with one attached hydrogen (secondary N) is 1. The summed E-state index contributed by atoms with van der Waals surface area (Å²) in [4.78, 5) is 31.7. The van der Waals surface area contributed by atoms with Crippen molar-refractivity contribution in [2.75, 3.05) is 5.32 Å². The Bertz CT molecular complexity index is 1060. The lowest BCUT2D eigenvalue weighted by Gasteiger charge is -2.15. The molecule has 3 aromatic rings. The minimum Gasteiger partial charge on any atom is -0.350 e. The van der Waals surface area contributed by atoms with Gasteiger partial charge in [-0.05, 0) is 47.4 Å². The number of hydrogen-bond donors (Lipinski definition) is 1. The fourth-order valence-electron chi connectivity index (χ4n) is 3.35. The van der Waals surface area contributed by atoms with E-state index >= 15 is 0 Å². The van der Waals surface area contributed by atoms with E-state index in [2.05, 4.69) is 17.2 Å². The summed E-state index contributed by atoms with van der Waals surface area (Å²) in [5.74, 6) is -0.629. The lowest BCUT2D eigenvalue weighted by Crippen LogP contribution is -2.32. The summed E-state index contributed by atoms with van der Waals surface area (Å²) >= 11 is 0. The number of benzene rings is 2. The third kappa shape index (κ3) is 3.80. The summed E-state index contributed by atoms with van der Waals surface area (Å²) in [5, 5.41) is 3.19. The second kappa shape index (κ2) is 8.10. The highest BCUT2D eigenvalue weighted by molar-refractivity contribution is 6.36. The summed E-state index contributed by atoms with van der Waals surface area (Å²) < 4.78 is 0. The van der Waals surface area contributed by atoms with Crippen molar-refractivity contribution in [3.05, 3.63) is 102 Å². The van der Waals surface area contributed by atoms with Crippen molar-refractivity contribution in [2.24, 2.45) is 0 Å². The molecule has 0 saturated carbocycles. The second-order valence-corrected chi connectivity index (χ2v) is 6.84. The third-order valence-corrected chi connectivity index (χ3v) is 4.95. The molecule has 0 saturated heterocycles. The number of rotatable bonds is 6. The minimum absolute atomic E-state index is 0.205. The van der Waals surface area contributed by atoms with Gasteiger partial charge in [0.05, 0.1) is 12.1 Å². The molecule has 144 valence electrons. The first-order valence-corrected chi connectivity index (χ1v) is 9.58. The molecule has 1 aliphatic heterocycles. The number of carbonyl (C=O) groups excluding carboxylic acids is 2. The zero-order chi connectivity index (χ0) is 20.2. The number of anilines is 1. The molecule has 0 radical (unpaired) electrons. The number of nitrogens with zero attached hydrogens (tertiary/aromatic N) is 2. The smallest absolute Gasteiger partial charge is 0.278 e. The van der Waals surface area contributed by atoms with Crippen molar-refractivity contribution in [2.45, 2.75) is 19.9 Å². The molecule has 2 amide bonds. The van der Waals surface area contributed by atoms with Crippen LogP contribution in [-0.2, 0) is 22.6 Å². The summed E-state index contributed by atoms with van der Waals surface area (Å²) in [6.45, 7) is 2.30. The highest BCUT2D eigenvalue weighted by Crippen LogP contribution is 2.31. The zero-order valence-electron chi connectivity index (χ0n) is 16.1. The second-order valence-electron chi connectivity index (χ2n) is 6.84. The molecule has 5 nitrogen and oxygen atoms in total. The maximum atomic E-state index is 13.2. The largest absolute Gasteiger partial charge is 0.350 e. The number of imide groups is 1. The van der Waals surface area contributed by atoms with Gasteiger partial charge in [0.25, 0.3) is 11.8 Å². The van der Waals surface area contributed by atoms with Crippen LogP contribution in [0, 0.1) is 0 Å². The minimum atomic E-state index is -0.328. The first kappa shape index (κ1) is 18.6. The molecular formula is C24H21N3O2. The van der Waals surface area contributed by atoms with E-state index in [1.54, 1.807) is 24.5 Å². The molecule has 1 aliphatic rings. The summed E-state index contributed by atoms with van der Waals surface area (Å²) in [5.41, 5.74) is 4.25. The number of amides is 2. The van der Waals surface area contributed by atoms with Gasteiger partial charge < -0.3 is 5.32 Å². The Hall–Kier alpha value is -3.73. The van der Waals surface area contributed by atoms with Crippen LogP contribution < -0.4 is 5.32 Å². The monoisotopic (exact) mass is 383 g/mol. The van der Waals surface area contributed by atoms with Crippen molar-refractivity contribution in [1.29, 1.82) is 0 Å². The molecule has 0 unspecified atom stereocenters. The number of aryl methyl sites for hydroxylation is 1. The van der Waals surface area contributed by atoms with E-state index in [0.717, 1.165) is 23.2 Å². The molecule has 5 heteroatoms. The molecule has 4 rings (SSSR count). The first-order valence-electron chi connectivity index (χ1n) is 9.58. The third-order valence-electron chi connectivity index (χ3n) is 4.95. The maximum absolute atomic E-state index is 13.2. The van der Waals surface area contributed by atoms with Gasteiger partial charge in [-0.15, -0.1) is 0 Å². The average Bonchev–Trinajstić information content (AvgIpc) is 3.00. The normalized spacial score (nSPS) is 13.9. The van der Waals surface area contributed by atoms with Gasteiger partial charge in [-0.25, -0.2) is 0 Å². The average molecular weight is 383 g/mol. The van der Waals surface area contributed by atoms with Crippen LogP contribution in [0.4, 0.5) is 5.69 Å². The lowest BCUT2D eigenvalue weighted by molar-refractivity contribution is -0.137. The molecule has 0 fully saturated rings. The SMILES string of the molecule is CCc1ccc(NC2=C(c3ccccc3)C(=O)N(Cc3ccncc3)C2=O)cc1. The Morgan fingerprint density at radius 3 is 2.17 bits per heavy atom. The number of hydrogen-bond acceptors (Lipinski definition) is 4. The molecule has 29 heavy (non-hydrogen) atoms. The Labute approximate surface area is 169 Å². The van der Waals surface area contributed by atoms with Crippen LogP contribution in [0.1, 0.15) is 23.6 Å². The lowest BCUT2D eigenvalue weighted by atomic mass is 10.0. The van der Waals surface area contributed by atoms with Gasteiger partial charge in [-0.1, -0.05) is 49.4 Å². The number of aromatic nitrogens is 1. The van der Waals surface area contributed by atoms with Crippen molar-refractivity contribution >= 4 is 23.1 Å². The van der Waals surface area contributed by atoms with Crippen molar-refractivity contribution < 1.29 is 9.59 Å². The van der Waals surface area contributed by atoms with Crippen LogP contribution >= 0.6 is 0 Å². The predicted octanol–water partition coefficient (Wildman–Crippen LogP) is 4.04. The van der Waals surface area contributed by atoms with Crippen LogP contribution in [0.2, 0.25) is 0 Å². The molecular weight excluding hydrogens is 362 g/mol. The molecule has 1 aromatic heterocycles. The van der Waals surface area contributed by atoms with Crippen LogP contribution in [0.3, 0.4) is 0 Å². The number of carbonyl (C=O) groups is 2. The van der Waals surface area contributed by atoms with Gasteiger partial charge in [-0.2, -0.15) is 0 Å². The quantitative estimate of drug-likeness (QED) is 0.653. The van der Waals surface area contributed by atoms with E-state index in [-0.39, 0.29) is 18.4 Å². The highest BCUT2D eigenvalue weighted by atomic mass is 16.2. The van der Waals surface area contributed by atoms with Gasteiger partial charge in [0.15, 0.2) is 0 Å². The molecule has 0 bridgehead atoms. The van der Waals surface area contributed by atoms with Gasteiger partial charge >= 0.3 is 0 Å². The topological polar surface area (TPSA) is 62.3 Å². The van der Waals surface area contributed by atoms with Crippen molar-refractivity contribution in [1.82, 2.24) is 9.88 Å². The van der Waals surface area contributed by atoms with E-state index in [9.17, 15) is 9.59 Å². The fraction of sp³-hybridized carbons (Fsp3) is 0.125. The van der Waals surface area contributed by atoms with Crippen molar-refractivity contribution in [3.63, 3.8) is 0 Å². The number of pyridine rings is 1. The Morgan fingerprint density at radius 1 is 0.828 bits per heavy atom. The van der Waals surface area contributed by atoms with Crippen molar-refractivity contribution in [3.8, 4) is 0 Å². The summed E-state index contributed by atoms with van der Waals surface area (Å²) in [7, 11) is 0. The van der Waals surface area contributed by atoms with Crippen LogP contribution in [0.5, 0.6) is 0 Å². The van der Waals surface area contributed by atoms with Crippen LogP contribution in [0.25, 0.3) is 5.57 Å². The molecule has 1 N–H and O–H groups in total. The van der Waals surface area contributed by atoms with Crippen LogP contribution in [-0.4, -0.2) is 21.7 Å². The van der Waals surface area contributed by atoms with Gasteiger partial charge in [-0.3, -0.25) is 19.5 Å². The Kier molecular flexibility index (Phi) is 5.20. The predicted molar refractivity (Wildman–Crippen MR) is 113 cm³/mol. The molecule has 0 aliphatic carbocycles.